The largest absolute Gasteiger partial charge is 0.494 e. The van der Waals surface area contributed by atoms with Crippen molar-refractivity contribution in [3.05, 3.63) is 59.7 Å². The van der Waals surface area contributed by atoms with E-state index in [-0.39, 0.29) is 11.8 Å². The highest BCUT2D eigenvalue weighted by atomic mass is 16.5. The van der Waals surface area contributed by atoms with Crippen LogP contribution < -0.4 is 10.1 Å². The first-order valence-electron chi connectivity index (χ1n) is 9.66. The van der Waals surface area contributed by atoms with Crippen LogP contribution in [0.25, 0.3) is 0 Å². The SMILES string of the molecule is CCOc1ccc(CN2CCN(C(=O)c3ccc(NC(C)=O)cc3)CC2)cc1. The maximum absolute atomic E-state index is 12.7. The lowest BCUT2D eigenvalue weighted by Crippen LogP contribution is -2.48. The molecule has 1 N–H and O–H groups in total. The van der Waals surface area contributed by atoms with Crippen molar-refractivity contribution in [1.82, 2.24) is 9.80 Å². The molecule has 2 aromatic rings. The average Bonchev–Trinajstić information content (AvgIpc) is 2.70. The van der Waals surface area contributed by atoms with Gasteiger partial charge in [-0.3, -0.25) is 14.5 Å². The van der Waals surface area contributed by atoms with E-state index in [9.17, 15) is 9.59 Å². The van der Waals surface area contributed by atoms with E-state index in [1.807, 2.05) is 24.0 Å². The Balaban J connectivity index is 1.50. The molecular formula is C22H27N3O3. The molecule has 0 spiro atoms. The van der Waals surface area contributed by atoms with Gasteiger partial charge < -0.3 is 15.0 Å². The molecular weight excluding hydrogens is 354 g/mol. The summed E-state index contributed by atoms with van der Waals surface area (Å²) in [5.41, 5.74) is 2.59. The number of hydrogen-bond acceptors (Lipinski definition) is 4. The lowest BCUT2D eigenvalue weighted by atomic mass is 10.1. The summed E-state index contributed by atoms with van der Waals surface area (Å²) in [7, 11) is 0. The fraction of sp³-hybridized carbons (Fsp3) is 0.364. The number of piperazine rings is 1. The van der Waals surface area contributed by atoms with E-state index in [0.29, 0.717) is 30.9 Å². The standard InChI is InChI=1S/C22H27N3O3/c1-3-28-21-10-4-18(5-11-21)16-24-12-14-25(15-13-24)22(27)19-6-8-20(9-7-19)23-17(2)26/h4-11H,3,12-16H2,1-2H3,(H,23,26). The topological polar surface area (TPSA) is 61.9 Å². The van der Waals surface area contributed by atoms with Crippen molar-refractivity contribution in [2.75, 3.05) is 38.1 Å². The summed E-state index contributed by atoms with van der Waals surface area (Å²) >= 11 is 0. The Kier molecular flexibility index (Phi) is 6.66. The van der Waals surface area contributed by atoms with E-state index in [4.69, 9.17) is 4.74 Å². The summed E-state index contributed by atoms with van der Waals surface area (Å²) in [5.74, 6) is 0.809. The molecule has 0 unspecified atom stereocenters. The zero-order valence-corrected chi connectivity index (χ0v) is 16.5. The number of carbonyl (C=O) groups excluding carboxylic acids is 2. The molecule has 0 bridgehead atoms. The van der Waals surface area contributed by atoms with Crippen molar-refractivity contribution in [2.45, 2.75) is 20.4 Å². The Labute approximate surface area is 166 Å². The Morgan fingerprint density at radius 3 is 2.18 bits per heavy atom. The van der Waals surface area contributed by atoms with Crippen molar-refractivity contribution in [1.29, 1.82) is 0 Å². The molecule has 6 nitrogen and oxygen atoms in total. The number of amides is 2. The molecule has 1 aliphatic rings. The highest BCUT2D eigenvalue weighted by Crippen LogP contribution is 2.16. The van der Waals surface area contributed by atoms with Crippen LogP contribution in [0, 0.1) is 0 Å². The zero-order valence-electron chi connectivity index (χ0n) is 16.5. The predicted octanol–water partition coefficient (Wildman–Crippen LogP) is 3.00. The number of anilines is 1. The Morgan fingerprint density at radius 1 is 0.964 bits per heavy atom. The normalized spacial score (nSPS) is 14.6. The van der Waals surface area contributed by atoms with Crippen molar-refractivity contribution < 1.29 is 14.3 Å². The van der Waals surface area contributed by atoms with Gasteiger partial charge in [0.2, 0.25) is 5.91 Å². The monoisotopic (exact) mass is 381 g/mol. The van der Waals surface area contributed by atoms with Crippen LogP contribution in [-0.2, 0) is 11.3 Å². The molecule has 1 fully saturated rings. The second-order valence-electron chi connectivity index (χ2n) is 6.90. The summed E-state index contributed by atoms with van der Waals surface area (Å²) < 4.78 is 5.48. The summed E-state index contributed by atoms with van der Waals surface area (Å²) in [6.07, 6.45) is 0. The summed E-state index contributed by atoms with van der Waals surface area (Å²) in [5, 5.41) is 2.71. The molecule has 2 amide bonds. The molecule has 0 aromatic heterocycles. The zero-order chi connectivity index (χ0) is 19.9. The maximum atomic E-state index is 12.7. The minimum Gasteiger partial charge on any atom is -0.494 e. The first-order valence-corrected chi connectivity index (χ1v) is 9.66. The maximum Gasteiger partial charge on any atom is 0.253 e. The van der Waals surface area contributed by atoms with Gasteiger partial charge in [-0.1, -0.05) is 12.1 Å². The van der Waals surface area contributed by atoms with Gasteiger partial charge in [0, 0.05) is 50.9 Å². The third-order valence-corrected chi connectivity index (χ3v) is 4.75. The molecule has 28 heavy (non-hydrogen) atoms. The molecule has 0 aliphatic carbocycles. The number of benzene rings is 2. The van der Waals surface area contributed by atoms with Crippen LogP contribution in [0.3, 0.4) is 0 Å². The number of hydrogen-bond donors (Lipinski definition) is 1. The molecule has 1 heterocycles. The van der Waals surface area contributed by atoms with Crippen molar-refractivity contribution in [3.8, 4) is 5.75 Å². The van der Waals surface area contributed by atoms with Crippen LogP contribution in [0.4, 0.5) is 5.69 Å². The van der Waals surface area contributed by atoms with Gasteiger partial charge in [0.25, 0.3) is 5.91 Å². The van der Waals surface area contributed by atoms with E-state index in [1.54, 1.807) is 24.3 Å². The number of carbonyl (C=O) groups is 2. The van der Waals surface area contributed by atoms with Gasteiger partial charge in [-0.2, -0.15) is 0 Å². The predicted molar refractivity (Wildman–Crippen MR) is 110 cm³/mol. The molecule has 1 aliphatic heterocycles. The molecule has 148 valence electrons. The molecule has 0 atom stereocenters. The Bertz CT molecular complexity index is 795. The Morgan fingerprint density at radius 2 is 1.61 bits per heavy atom. The van der Waals surface area contributed by atoms with Crippen molar-refractivity contribution in [2.24, 2.45) is 0 Å². The van der Waals surface area contributed by atoms with Crippen LogP contribution in [0.15, 0.2) is 48.5 Å². The van der Waals surface area contributed by atoms with Gasteiger partial charge in [0.15, 0.2) is 0 Å². The lowest BCUT2D eigenvalue weighted by molar-refractivity contribution is -0.114. The molecule has 0 radical (unpaired) electrons. The van der Waals surface area contributed by atoms with E-state index < -0.39 is 0 Å². The van der Waals surface area contributed by atoms with Gasteiger partial charge in [-0.15, -0.1) is 0 Å². The summed E-state index contributed by atoms with van der Waals surface area (Å²) in [6.45, 7) is 8.11. The van der Waals surface area contributed by atoms with E-state index in [2.05, 4.69) is 22.3 Å². The smallest absolute Gasteiger partial charge is 0.253 e. The van der Waals surface area contributed by atoms with E-state index >= 15 is 0 Å². The van der Waals surface area contributed by atoms with Gasteiger partial charge in [0.05, 0.1) is 6.61 Å². The van der Waals surface area contributed by atoms with Gasteiger partial charge in [-0.05, 0) is 48.9 Å². The number of ether oxygens (including phenoxy) is 1. The molecule has 6 heteroatoms. The number of nitrogens with one attached hydrogen (secondary N) is 1. The summed E-state index contributed by atoms with van der Waals surface area (Å²) in [4.78, 5) is 28.0. The minimum absolute atomic E-state index is 0.0371. The summed E-state index contributed by atoms with van der Waals surface area (Å²) in [6, 6.07) is 15.2. The van der Waals surface area contributed by atoms with Crippen LogP contribution in [0.5, 0.6) is 5.75 Å². The lowest BCUT2D eigenvalue weighted by Gasteiger charge is -2.34. The molecule has 0 saturated carbocycles. The van der Waals surface area contributed by atoms with Crippen LogP contribution in [0.1, 0.15) is 29.8 Å². The van der Waals surface area contributed by atoms with Crippen LogP contribution >= 0.6 is 0 Å². The third-order valence-electron chi connectivity index (χ3n) is 4.75. The molecule has 2 aromatic carbocycles. The van der Waals surface area contributed by atoms with Crippen molar-refractivity contribution in [3.63, 3.8) is 0 Å². The minimum atomic E-state index is -0.122. The highest BCUT2D eigenvalue weighted by molar-refractivity contribution is 5.95. The average molecular weight is 381 g/mol. The highest BCUT2D eigenvalue weighted by Gasteiger charge is 2.22. The van der Waals surface area contributed by atoms with Crippen LogP contribution in [0.2, 0.25) is 0 Å². The van der Waals surface area contributed by atoms with Crippen molar-refractivity contribution >= 4 is 17.5 Å². The van der Waals surface area contributed by atoms with Gasteiger partial charge in [0.1, 0.15) is 5.75 Å². The fourth-order valence-electron chi connectivity index (χ4n) is 3.31. The van der Waals surface area contributed by atoms with E-state index in [1.165, 1.54) is 12.5 Å². The number of rotatable bonds is 6. The second-order valence-corrected chi connectivity index (χ2v) is 6.90. The van der Waals surface area contributed by atoms with Gasteiger partial charge in [-0.25, -0.2) is 0 Å². The fourth-order valence-corrected chi connectivity index (χ4v) is 3.31. The molecule has 3 rings (SSSR count). The van der Waals surface area contributed by atoms with Crippen LogP contribution in [-0.4, -0.2) is 54.4 Å². The quantitative estimate of drug-likeness (QED) is 0.836. The molecule has 1 saturated heterocycles. The first-order chi connectivity index (χ1) is 13.5. The Hall–Kier alpha value is -2.86. The second kappa shape index (κ2) is 9.37. The first kappa shape index (κ1) is 19.9. The van der Waals surface area contributed by atoms with Gasteiger partial charge >= 0.3 is 0 Å². The third kappa shape index (κ3) is 5.33. The van der Waals surface area contributed by atoms with E-state index in [0.717, 1.165) is 25.4 Å². The number of nitrogens with zero attached hydrogens (tertiary/aromatic N) is 2.